The number of ether oxygens (including phenoxy) is 1. The third-order valence-corrected chi connectivity index (χ3v) is 1.95. The molecule has 0 saturated carbocycles. The van der Waals surface area contributed by atoms with E-state index in [4.69, 9.17) is 11.6 Å². The molecule has 0 radical (unpaired) electrons. The van der Waals surface area contributed by atoms with Gasteiger partial charge in [-0.15, -0.1) is 0 Å². The van der Waals surface area contributed by atoms with Gasteiger partial charge in [-0.1, -0.05) is 11.6 Å². The Balaban J connectivity index is 2.92. The molecule has 0 aliphatic heterocycles. The Labute approximate surface area is 90.8 Å². The summed E-state index contributed by atoms with van der Waals surface area (Å²) in [6.45, 7) is 1.67. The average Bonchev–Trinajstić information content (AvgIpc) is 2.21. The lowest BCUT2D eigenvalue weighted by atomic mass is 10.1. The van der Waals surface area contributed by atoms with E-state index in [2.05, 4.69) is 4.74 Å². The normalized spacial score (nSPS) is 9.80. The molecule has 0 fully saturated rings. The molecule has 1 rings (SSSR count). The van der Waals surface area contributed by atoms with Gasteiger partial charge in [0, 0.05) is 5.56 Å². The molecule has 0 unspecified atom stereocenters. The summed E-state index contributed by atoms with van der Waals surface area (Å²) in [6, 6.07) is 3.38. The Kier molecular flexibility index (Phi) is 3.80. The van der Waals surface area contributed by atoms with E-state index in [1.165, 1.54) is 12.1 Å². The molecule has 1 aromatic carbocycles. The van der Waals surface area contributed by atoms with E-state index in [9.17, 15) is 14.0 Å². The molecule has 3 nitrogen and oxygen atoms in total. The third kappa shape index (κ3) is 2.76. The van der Waals surface area contributed by atoms with Crippen molar-refractivity contribution < 1.29 is 18.7 Å². The highest BCUT2D eigenvalue weighted by Gasteiger charge is 2.18. The average molecular weight is 231 g/mol. The summed E-state index contributed by atoms with van der Waals surface area (Å²) in [5.74, 6) is -2.63. The lowest BCUT2D eigenvalue weighted by molar-refractivity contribution is -0.137. The molecule has 0 bridgehead atoms. The molecular weight excluding hydrogens is 223 g/mol. The molecule has 1 aromatic rings. The van der Waals surface area contributed by atoms with Crippen molar-refractivity contribution in [1.29, 1.82) is 0 Å². The first-order valence-corrected chi connectivity index (χ1v) is 4.60. The maximum Gasteiger partial charge on any atom is 0.379 e. The highest BCUT2D eigenvalue weighted by molar-refractivity contribution is 6.40. The molecular formula is C10H8ClFO3. The van der Waals surface area contributed by atoms with E-state index in [0.29, 0.717) is 0 Å². The quantitative estimate of drug-likeness (QED) is 0.454. The van der Waals surface area contributed by atoms with Crippen molar-refractivity contribution in [3.63, 3.8) is 0 Å². The second kappa shape index (κ2) is 4.89. The highest BCUT2D eigenvalue weighted by atomic mass is 35.5. The number of halogens is 2. The Morgan fingerprint density at radius 3 is 2.67 bits per heavy atom. The fourth-order valence-corrected chi connectivity index (χ4v) is 1.07. The number of Topliss-reactive ketones (excluding diaryl/α,β-unsaturated/α-hetero) is 1. The molecule has 0 amide bonds. The van der Waals surface area contributed by atoms with Gasteiger partial charge < -0.3 is 4.74 Å². The number of benzene rings is 1. The minimum absolute atomic E-state index is 0.0737. The summed E-state index contributed by atoms with van der Waals surface area (Å²) in [5, 5.41) is -0.101. The van der Waals surface area contributed by atoms with Crippen molar-refractivity contribution in [2.75, 3.05) is 6.61 Å². The molecule has 0 spiro atoms. The van der Waals surface area contributed by atoms with Crippen molar-refractivity contribution in [1.82, 2.24) is 0 Å². The van der Waals surface area contributed by atoms with Gasteiger partial charge in [0.1, 0.15) is 5.82 Å². The number of hydrogen-bond donors (Lipinski definition) is 0. The van der Waals surface area contributed by atoms with Crippen LogP contribution in [-0.4, -0.2) is 18.4 Å². The predicted molar refractivity (Wildman–Crippen MR) is 52.4 cm³/mol. The first-order chi connectivity index (χ1) is 7.06. The van der Waals surface area contributed by atoms with Gasteiger partial charge in [0.25, 0.3) is 5.78 Å². The largest absolute Gasteiger partial charge is 0.460 e. The Morgan fingerprint density at radius 2 is 2.13 bits per heavy atom. The van der Waals surface area contributed by atoms with Crippen LogP contribution < -0.4 is 0 Å². The SMILES string of the molecule is CCOC(=O)C(=O)c1ccc(Cl)c(F)c1. The maximum atomic E-state index is 13.0. The van der Waals surface area contributed by atoms with Crippen LogP contribution in [0, 0.1) is 5.82 Å². The smallest absolute Gasteiger partial charge is 0.379 e. The summed E-state index contributed by atoms with van der Waals surface area (Å²) in [4.78, 5) is 22.3. The van der Waals surface area contributed by atoms with Crippen LogP contribution in [0.4, 0.5) is 4.39 Å². The molecule has 0 atom stereocenters. The summed E-state index contributed by atoms with van der Waals surface area (Å²) in [7, 11) is 0. The second-order valence-corrected chi connectivity index (χ2v) is 3.09. The van der Waals surface area contributed by atoms with Crippen molar-refractivity contribution in [3.05, 3.63) is 34.6 Å². The van der Waals surface area contributed by atoms with E-state index < -0.39 is 17.6 Å². The fraction of sp³-hybridized carbons (Fsp3) is 0.200. The number of hydrogen-bond acceptors (Lipinski definition) is 3. The number of carbonyl (C=O) groups excluding carboxylic acids is 2. The summed E-state index contributed by atoms with van der Waals surface area (Å²) < 4.78 is 17.4. The predicted octanol–water partition coefficient (Wildman–Crippen LogP) is 2.22. The summed E-state index contributed by atoms with van der Waals surface area (Å²) in [6.07, 6.45) is 0. The van der Waals surface area contributed by atoms with Crippen molar-refractivity contribution in [2.45, 2.75) is 6.92 Å². The molecule has 15 heavy (non-hydrogen) atoms. The van der Waals surface area contributed by atoms with Crippen LogP contribution in [0.2, 0.25) is 5.02 Å². The van der Waals surface area contributed by atoms with Crippen LogP contribution >= 0.6 is 11.6 Å². The lowest BCUT2D eigenvalue weighted by Gasteiger charge is -2.01. The van der Waals surface area contributed by atoms with Crippen LogP contribution in [0.3, 0.4) is 0 Å². The fourth-order valence-electron chi connectivity index (χ4n) is 0.952. The minimum Gasteiger partial charge on any atom is -0.460 e. The summed E-state index contributed by atoms with van der Waals surface area (Å²) >= 11 is 5.42. The monoisotopic (exact) mass is 230 g/mol. The van der Waals surface area contributed by atoms with Gasteiger partial charge in [-0.05, 0) is 25.1 Å². The van der Waals surface area contributed by atoms with E-state index in [-0.39, 0.29) is 17.2 Å². The number of esters is 1. The van der Waals surface area contributed by atoms with Crippen LogP contribution in [0.25, 0.3) is 0 Å². The highest BCUT2D eigenvalue weighted by Crippen LogP contribution is 2.16. The summed E-state index contributed by atoms with van der Waals surface area (Å²) in [5.41, 5.74) is -0.0737. The molecule has 0 heterocycles. The van der Waals surface area contributed by atoms with Gasteiger partial charge in [0.2, 0.25) is 0 Å². The zero-order valence-corrected chi connectivity index (χ0v) is 8.68. The molecule has 5 heteroatoms. The molecule has 0 aliphatic rings. The van der Waals surface area contributed by atoms with Gasteiger partial charge in [0.15, 0.2) is 0 Å². The minimum atomic E-state index is -1.00. The topological polar surface area (TPSA) is 43.4 Å². The van der Waals surface area contributed by atoms with E-state index in [1.807, 2.05) is 0 Å². The van der Waals surface area contributed by atoms with E-state index in [0.717, 1.165) is 6.07 Å². The Bertz CT molecular complexity index is 404. The van der Waals surface area contributed by atoms with Crippen LogP contribution in [0.5, 0.6) is 0 Å². The van der Waals surface area contributed by atoms with Crippen LogP contribution in [-0.2, 0) is 9.53 Å². The molecule has 0 aliphatic carbocycles. The molecule has 0 saturated heterocycles. The number of ketones is 1. The number of rotatable bonds is 3. The molecule has 0 N–H and O–H groups in total. The van der Waals surface area contributed by atoms with Crippen LogP contribution in [0.15, 0.2) is 18.2 Å². The van der Waals surface area contributed by atoms with Crippen LogP contribution in [0.1, 0.15) is 17.3 Å². The first kappa shape index (κ1) is 11.7. The Hall–Kier alpha value is -1.42. The van der Waals surface area contributed by atoms with E-state index >= 15 is 0 Å². The zero-order valence-electron chi connectivity index (χ0n) is 7.92. The van der Waals surface area contributed by atoms with Gasteiger partial charge in [-0.3, -0.25) is 4.79 Å². The number of carbonyl (C=O) groups is 2. The standard InChI is InChI=1S/C10H8ClFO3/c1-2-15-10(14)9(13)6-3-4-7(11)8(12)5-6/h3-5H,2H2,1H3. The van der Waals surface area contributed by atoms with E-state index in [1.54, 1.807) is 6.92 Å². The first-order valence-electron chi connectivity index (χ1n) is 4.22. The Morgan fingerprint density at radius 1 is 1.47 bits per heavy atom. The third-order valence-electron chi connectivity index (χ3n) is 1.64. The molecule has 0 aromatic heterocycles. The van der Waals surface area contributed by atoms with Gasteiger partial charge >= 0.3 is 5.97 Å². The molecule has 80 valence electrons. The van der Waals surface area contributed by atoms with Gasteiger partial charge in [-0.2, -0.15) is 0 Å². The van der Waals surface area contributed by atoms with Crippen molar-refractivity contribution >= 4 is 23.4 Å². The second-order valence-electron chi connectivity index (χ2n) is 2.68. The van der Waals surface area contributed by atoms with Crippen molar-refractivity contribution in [3.8, 4) is 0 Å². The zero-order chi connectivity index (χ0) is 11.4. The lowest BCUT2D eigenvalue weighted by Crippen LogP contribution is -2.17. The maximum absolute atomic E-state index is 13.0. The van der Waals surface area contributed by atoms with Gasteiger partial charge in [-0.25, -0.2) is 9.18 Å². The van der Waals surface area contributed by atoms with Gasteiger partial charge in [0.05, 0.1) is 11.6 Å². The van der Waals surface area contributed by atoms with Crippen molar-refractivity contribution in [2.24, 2.45) is 0 Å².